The van der Waals surface area contributed by atoms with E-state index < -0.39 is 11.2 Å². The highest BCUT2D eigenvalue weighted by molar-refractivity contribution is 7.81. The summed E-state index contributed by atoms with van der Waals surface area (Å²) in [7, 11) is 1.55. The quantitative estimate of drug-likeness (QED) is 0.668. The van der Waals surface area contributed by atoms with E-state index in [-0.39, 0.29) is 5.91 Å². The van der Waals surface area contributed by atoms with Crippen molar-refractivity contribution >= 4 is 46.9 Å². The van der Waals surface area contributed by atoms with Crippen molar-refractivity contribution in [1.29, 1.82) is 0 Å². The summed E-state index contributed by atoms with van der Waals surface area (Å²) >= 11 is 10.3. The largest absolute Gasteiger partial charge is 0.497 e. The van der Waals surface area contributed by atoms with Crippen molar-refractivity contribution in [3.05, 3.63) is 64.3 Å². The monoisotopic (exact) mass is 388 g/mol. The fraction of sp³-hybridized carbons (Fsp3) is 0.158. The minimum Gasteiger partial charge on any atom is -0.497 e. The Balaban J connectivity index is 2.28. The van der Waals surface area contributed by atoms with Crippen LogP contribution in [0.1, 0.15) is 26.9 Å². The molecule has 0 fully saturated rings. The van der Waals surface area contributed by atoms with Gasteiger partial charge >= 0.3 is 0 Å². The number of carbonyl (C=O) groups is 2. The van der Waals surface area contributed by atoms with E-state index in [1.807, 2.05) is 0 Å². The molecule has 1 amide bonds. The Hall–Kier alpha value is -2.44. The molecule has 0 aliphatic carbocycles. The molecule has 0 bridgehead atoms. The first kappa shape index (κ1) is 18.4. The molecule has 1 aromatic heterocycles. The molecule has 1 atom stereocenters. The maximum atomic E-state index is 13.1. The number of aromatic nitrogens is 1. The highest BCUT2D eigenvalue weighted by atomic mass is 35.5. The molecule has 0 saturated carbocycles. The molecular formula is C19H17ClN2O3S. The van der Waals surface area contributed by atoms with Crippen molar-refractivity contribution in [2.75, 3.05) is 7.11 Å². The van der Waals surface area contributed by atoms with Gasteiger partial charge in [0.15, 0.2) is 0 Å². The number of nitrogens with two attached hydrogens (primary N) is 1. The van der Waals surface area contributed by atoms with Gasteiger partial charge in [-0.1, -0.05) is 11.6 Å². The van der Waals surface area contributed by atoms with Crippen LogP contribution in [0.2, 0.25) is 5.02 Å². The van der Waals surface area contributed by atoms with Crippen LogP contribution in [0.3, 0.4) is 0 Å². The molecule has 1 heterocycles. The third kappa shape index (κ3) is 3.06. The SMILES string of the molecule is COc1ccc2c(c1)c(C(S)C(N)=O)c(C)n2C(=O)c1ccc(Cl)cc1. The van der Waals surface area contributed by atoms with Crippen LogP contribution in [-0.2, 0) is 4.79 Å². The first-order valence-corrected chi connectivity index (χ1v) is 8.71. The van der Waals surface area contributed by atoms with Crippen molar-refractivity contribution in [3.8, 4) is 5.75 Å². The number of nitrogens with zero attached hydrogens (tertiary/aromatic N) is 1. The average Bonchev–Trinajstić information content (AvgIpc) is 2.91. The van der Waals surface area contributed by atoms with E-state index in [9.17, 15) is 9.59 Å². The summed E-state index contributed by atoms with van der Waals surface area (Å²) < 4.78 is 6.83. The topological polar surface area (TPSA) is 74.3 Å². The summed E-state index contributed by atoms with van der Waals surface area (Å²) in [5.41, 5.74) is 7.78. The Labute approximate surface area is 161 Å². The molecule has 2 aromatic carbocycles. The van der Waals surface area contributed by atoms with Crippen LogP contribution in [0.15, 0.2) is 42.5 Å². The number of carbonyl (C=O) groups excluding carboxylic acids is 2. The van der Waals surface area contributed by atoms with Crippen molar-refractivity contribution in [1.82, 2.24) is 4.57 Å². The Morgan fingerprint density at radius 1 is 1.19 bits per heavy atom. The molecule has 1 unspecified atom stereocenters. The number of hydrogen-bond acceptors (Lipinski definition) is 4. The van der Waals surface area contributed by atoms with Gasteiger partial charge in [-0.15, -0.1) is 0 Å². The minimum atomic E-state index is -0.844. The van der Waals surface area contributed by atoms with Crippen molar-refractivity contribution in [3.63, 3.8) is 0 Å². The highest BCUT2D eigenvalue weighted by Gasteiger charge is 2.26. The van der Waals surface area contributed by atoms with E-state index in [1.54, 1.807) is 61.1 Å². The minimum absolute atomic E-state index is 0.231. The number of methoxy groups -OCH3 is 1. The number of halogens is 1. The van der Waals surface area contributed by atoms with Gasteiger partial charge in [-0.25, -0.2) is 0 Å². The molecule has 2 N–H and O–H groups in total. The zero-order valence-electron chi connectivity index (χ0n) is 14.2. The summed E-state index contributed by atoms with van der Waals surface area (Å²) in [6.07, 6.45) is 0. The third-order valence-electron chi connectivity index (χ3n) is 4.30. The van der Waals surface area contributed by atoms with E-state index in [0.717, 1.165) is 0 Å². The van der Waals surface area contributed by atoms with Crippen LogP contribution < -0.4 is 10.5 Å². The molecule has 3 rings (SSSR count). The number of benzene rings is 2. The highest BCUT2D eigenvalue weighted by Crippen LogP contribution is 2.36. The van der Waals surface area contributed by atoms with E-state index in [0.29, 0.717) is 38.5 Å². The fourth-order valence-corrected chi connectivity index (χ4v) is 3.47. The van der Waals surface area contributed by atoms with E-state index >= 15 is 0 Å². The third-order valence-corrected chi connectivity index (χ3v) is 5.06. The lowest BCUT2D eigenvalue weighted by Gasteiger charge is -2.09. The molecule has 3 aromatic rings. The Bertz CT molecular complexity index is 1010. The first-order chi connectivity index (χ1) is 12.3. The number of fused-ring (bicyclic) bond motifs is 1. The van der Waals surface area contributed by atoms with Gasteiger partial charge in [0.2, 0.25) is 5.91 Å². The summed E-state index contributed by atoms with van der Waals surface area (Å²) in [5, 5.41) is 0.400. The molecule has 134 valence electrons. The maximum Gasteiger partial charge on any atom is 0.262 e. The van der Waals surface area contributed by atoms with Crippen molar-refractivity contribution in [2.45, 2.75) is 12.2 Å². The number of hydrogen-bond donors (Lipinski definition) is 2. The molecule has 0 aliphatic rings. The van der Waals surface area contributed by atoms with Crippen LogP contribution in [0.5, 0.6) is 5.75 Å². The smallest absolute Gasteiger partial charge is 0.262 e. The second-order valence-corrected chi connectivity index (χ2v) is 6.79. The van der Waals surface area contributed by atoms with Crippen LogP contribution in [0, 0.1) is 6.92 Å². The lowest BCUT2D eigenvalue weighted by Crippen LogP contribution is -2.19. The van der Waals surface area contributed by atoms with Crippen molar-refractivity contribution < 1.29 is 14.3 Å². The maximum absolute atomic E-state index is 13.1. The molecule has 26 heavy (non-hydrogen) atoms. The van der Waals surface area contributed by atoms with Crippen LogP contribution in [-0.4, -0.2) is 23.5 Å². The second-order valence-electron chi connectivity index (χ2n) is 5.83. The van der Waals surface area contributed by atoms with Gasteiger partial charge in [0, 0.05) is 27.2 Å². The van der Waals surface area contributed by atoms with Crippen LogP contribution in [0.4, 0.5) is 0 Å². The molecular weight excluding hydrogens is 372 g/mol. The van der Waals surface area contributed by atoms with E-state index in [2.05, 4.69) is 12.6 Å². The number of primary amides is 1. The molecule has 0 radical (unpaired) electrons. The molecule has 0 spiro atoms. The van der Waals surface area contributed by atoms with Crippen molar-refractivity contribution in [2.24, 2.45) is 5.73 Å². The Kier molecular flexibility index (Phi) is 4.98. The second kappa shape index (κ2) is 7.05. The summed E-state index contributed by atoms with van der Waals surface area (Å²) in [6, 6.07) is 11.9. The summed E-state index contributed by atoms with van der Waals surface area (Å²) in [5.74, 6) is -0.206. The molecule has 7 heteroatoms. The van der Waals surface area contributed by atoms with Gasteiger partial charge in [0.1, 0.15) is 11.0 Å². The Morgan fingerprint density at radius 2 is 1.85 bits per heavy atom. The molecule has 0 saturated heterocycles. The lowest BCUT2D eigenvalue weighted by molar-refractivity contribution is -0.117. The van der Waals surface area contributed by atoms with Gasteiger partial charge in [0.25, 0.3) is 5.91 Å². The number of ether oxygens (including phenoxy) is 1. The van der Waals surface area contributed by atoms with Gasteiger partial charge in [-0.05, 0) is 49.4 Å². The van der Waals surface area contributed by atoms with E-state index in [4.69, 9.17) is 22.1 Å². The predicted octanol–water partition coefficient (Wildman–Crippen LogP) is 3.76. The summed E-state index contributed by atoms with van der Waals surface area (Å²) in [6.45, 7) is 1.77. The van der Waals surface area contributed by atoms with Crippen LogP contribution >= 0.6 is 24.2 Å². The number of thiol groups is 1. The standard InChI is InChI=1S/C19H17ClN2O3S/c1-10-16(17(26)18(21)23)14-9-13(25-2)7-8-15(14)22(10)19(24)11-3-5-12(20)6-4-11/h3-9,17,26H,1-2H3,(H2,21,23). The fourth-order valence-electron chi connectivity index (χ4n) is 3.02. The summed E-state index contributed by atoms with van der Waals surface area (Å²) in [4.78, 5) is 24.8. The zero-order valence-corrected chi connectivity index (χ0v) is 15.8. The first-order valence-electron chi connectivity index (χ1n) is 7.81. The zero-order chi connectivity index (χ0) is 19.0. The molecule has 0 aliphatic heterocycles. The van der Waals surface area contributed by atoms with E-state index in [1.165, 1.54) is 0 Å². The van der Waals surface area contributed by atoms with Crippen LogP contribution in [0.25, 0.3) is 10.9 Å². The van der Waals surface area contributed by atoms with Gasteiger partial charge < -0.3 is 10.5 Å². The number of amides is 1. The lowest BCUT2D eigenvalue weighted by atomic mass is 10.1. The average molecular weight is 389 g/mol. The number of rotatable bonds is 4. The van der Waals surface area contributed by atoms with Gasteiger partial charge in [-0.2, -0.15) is 12.6 Å². The van der Waals surface area contributed by atoms with Gasteiger partial charge in [-0.3, -0.25) is 14.2 Å². The predicted molar refractivity (Wildman–Crippen MR) is 105 cm³/mol. The molecule has 5 nitrogen and oxygen atoms in total. The van der Waals surface area contributed by atoms with Gasteiger partial charge in [0.05, 0.1) is 12.6 Å². The Morgan fingerprint density at radius 3 is 2.42 bits per heavy atom. The normalized spacial score (nSPS) is 12.2.